The Kier molecular flexibility index (Phi) is 3.82. The molecule has 1 aliphatic rings. The summed E-state index contributed by atoms with van der Waals surface area (Å²) in [6.45, 7) is 5.87. The van der Waals surface area contributed by atoms with Crippen LogP contribution < -0.4 is 10.1 Å². The molecule has 94 valence electrons. The second-order valence-electron chi connectivity index (χ2n) is 5.02. The SMILES string of the molecule is CCOc1ccnc(NCC2(C)CCCC2)n1. The number of hydrogen-bond acceptors (Lipinski definition) is 4. The van der Waals surface area contributed by atoms with Gasteiger partial charge in [0.1, 0.15) is 0 Å². The quantitative estimate of drug-likeness (QED) is 0.852. The van der Waals surface area contributed by atoms with E-state index < -0.39 is 0 Å². The Hall–Kier alpha value is -1.32. The number of nitrogens with zero attached hydrogens (tertiary/aromatic N) is 2. The van der Waals surface area contributed by atoms with Gasteiger partial charge in [0.2, 0.25) is 11.8 Å². The molecule has 1 aliphatic carbocycles. The van der Waals surface area contributed by atoms with Crippen molar-refractivity contribution in [2.45, 2.75) is 39.5 Å². The van der Waals surface area contributed by atoms with Crippen LogP contribution in [0.5, 0.6) is 5.88 Å². The van der Waals surface area contributed by atoms with E-state index in [0.717, 1.165) is 6.54 Å². The van der Waals surface area contributed by atoms with Crippen LogP contribution in [0.2, 0.25) is 0 Å². The lowest BCUT2D eigenvalue weighted by molar-refractivity contribution is 0.326. The fraction of sp³-hybridized carbons (Fsp3) is 0.692. The van der Waals surface area contributed by atoms with Crippen molar-refractivity contribution in [3.05, 3.63) is 12.3 Å². The van der Waals surface area contributed by atoms with Gasteiger partial charge in [-0.15, -0.1) is 0 Å². The van der Waals surface area contributed by atoms with Crippen LogP contribution in [0.3, 0.4) is 0 Å². The predicted molar refractivity (Wildman–Crippen MR) is 68.3 cm³/mol. The van der Waals surface area contributed by atoms with E-state index in [2.05, 4.69) is 22.2 Å². The molecule has 1 aromatic rings. The third kappa shape index (κ3) is 3.32. The molecule has 4 nitrogen and oxygen atoms in total. The number of rotatable bonds is 5. The minimum Gasteiger partial charge on any atom is -0.478 e. The van der Waals surface area contributed by atoms with E-state index in [4.69, 9.17) is 4.74 Å². The zero-order valence-electron chi connectivity index (χ0n) is 10.7. The molecule has 1 aromatic heterocycles. The highest BCUT2D eigenvalue weighted by Gasteiger charge is 2.28. The number of anilines is 1. The predicted octanol–water partition coefficient (Wildman–Crippen LogP) is 2.87. The first-order chi connectivity index (χ1) is 8.22. The third-order valence-corrected chi connectivity index (χ3v) is 3.41. The summed E-state index contributed by atoms with van der Waals surface area (Å²) in [5, 5.41) is 3.32. The minimum absolute atomic E-state index is 0.408. The van der Waals surface area contributed by atoms with Crippen LogP contribution in [0.15, 0.2) is 12.3 Å². The van der Waals surface area contributed by atoms with E-state index in [1.807, 2.05) is 6.92 Å². The molecule has 0 unspecified atom stereocenters. The number of ether oxygens (including phenoxy) is 1. The first-order valence-corrected chi connectivity index (χ1v) is 6.42. The van der Waals surface area contributed by atoms with E-state index in [9.17, 15) is 0 Å². The van der Waals surface area contributed by atoms with E-state index in [-0.39, 0.29) is 0 Å². The average Bonchev–Trinajstić information content (AvgIpc) is 2.76. The fourth-order valence-electron chi connectivity index (χ4n) is 2.35. The van der Waals surface area contributed by atoms with Crippen LogP contribution in [0, 0.1) is 5.41 Å². The highest BCUT2D eigenvalue weighted by Crippen LogP contribution is 2.37. The van der Waals surface area contributed by atoms with Gasteiger partial charge in [-0.2, -0.15) is 4.98 Å². The van der Waals surface area contributed by atoms with E-state index in [1.54, 1.807) is 12.3 Å². The van der Waals surface area contributed by atoms with Gasteiger partial charge >= 0.3 is 0 Å². The van der Waals surface area contributed by atoms with E-state index >= 15 is 0 Å². The zero-order valence-corrected chi connectivity index (χ0v) is 10.7. The monoisotopic (exact) mass is 235 g/mol. The van der Waals surface area contributed by atoms with Crippen LogP contribution in [0.1, 0.15) is 39.5 Å². The maximum atomic E-state index is 5.35. The maximum Gasteiger partial charge on any atom is 0.225 e. The van der Waals surface area contributed by atoms with Crippen molar-refractivity contribution in [1.29, 1.82) is 0 Å². The molecule has 1 N–H and O–H groups in total. The van der Waals surface area contributed by atoms with Crippen LogP contribution in [-0.2, 0) is 0 Å². The topological polar surface area (TPSA) is 47.0 Å². The van der Waals surface area contributed by atoms with Gasteiger partial charge in [-0.1, -0.05) is 19.8 Å². The molecule has 1 heterocycles. The van der Waals surface area contributed by atoms with Crippen molar-refractivity contribution in [3.8, 4) is 5.88 Å². The molecular formula is C13H21N3O. The van der Waals surface area contributed by atoms with Gasteiger partial charge in [0.15, 0.2) is 0 Å². The summed E-state index contributed by atoms with van der Waals surface area (Å²) in [5.41, 5.74) is 0.408. The van der Waals surface area contributed by atoms with Gasteiger partial charge in [0, 0.05) is 18.8 Å². The van der Waals surface area contributed by atoms with E-state index in [1.165, 1.54) is 25.7 Å². The van der Waals surface area contributed by atoms with Gasteiger partial charge in [0.25, 0.3) is 0 Å². The molecule has 0 saturated heterocycles. The summed E-state index contributed by atoms with van der Waals surface area (Å²) in [7, 11) is 0. The molecule has 4 heteroatoms. The Morgan fingerprint density at radius 1 is 1.41 bits per heavy atom. The Morgan fingerprint density at radius 2 is 2.18 bits per heavy atom. The summed E-state index contributed by atoms with van der Waals surface area (Å²) in [4.78, 5) is 8.52. The number of hydrogen-bond donors (Lipinski definition) is 1. The summed E-state index contributed by atoms with van der Waals surface area (Å²) in [5.74, 6) is 1.31. The first-order valence-electron chi connectivity index (χ1n) is 6.42. The molecule has 0 spiro atoms. The molecule has 0 amide bonds. The Balaban J connectivity index is 1.91. The normalized spacial score (nSPS) is 18.0. The summed E-state index contributed by atoms with van der Waals surface area (Å²) >= 11 is 0. The second-order valence-corrected chi connectivity index (χ2v) is 5.02. The maximum absolute atomic E-state index is 5.35. The van der Waals surface area contributed by atoms with Crippen molar-refractivity contribution < 1.29 is 4.74 Å². The van der Waals surface area contributed by atoms with Crippen molar-refractivity contribution in [3.63, 3.8) is 0 Å². The third-order valence-electron chi connectivity index (χ3n) is 3.41. The van der Waals surface area contributed by atoms with Gasteiger partial charge in [-0.05, 0) is 25.2 Å². The summed E-state index contributed by atoms with van der Waals surface area (Å²) in [6.07, 6.45) is 7.02. The van der Waals surface area contributed by atoms with Crippen molar-refractivity contribution >= 4 is 5.95 Å². The standard InChI is InChI=1S/C13H21N3O/c1-3-17-11-6-9-14-12(16-11)15-10-13(2)7-4-5-8-13/h6,9H,3-5,7-8,10H2,1-2H3,(H,14,15,16). The average molecular weight is 235 g/mol. The Labute approximate surface area is 103 Å². The van der Waals surface area contributed by atoms with Crippen LogP contribution in [0.25, 0.3) is 0 Å². The molecule has 0 radical (unpaired) electrons. The fourth-order valence-corrected chi connectivity index (χ4v) is 2.35. The highest BCUT2D eigenvalue weighted by atomic mass is 16.5. The lowest BCUT2D eigenvalue weighted by Crippen LogP contribution is -2.23. The molecule has 0 aromatic carbocycles. The molecule has 0 bridgehead atoms. The van der Waals surface area contributed by atoms with Crippen molar-refractivity contribution in [2.75, 3.05) is 18.5 Å². The van der Waals surface area contributed by atoms with Gasteiger partial charge < -0.3 is 10.1 Å². The van der Waals surface area contributed by atoms with Gasteiger partial charge in [0.05, 0.1) is 6.61 Å². The summed E-state index contributed by atoms with van der Waals surface area (Å²) in [6, 6.07) is 1.78. The van der Waals surface area contributed by atoms with Gasteiger partial charge in [-0.3, -0.25) is 0 Å². The molecule has 1 saturated carbocycles. The van der Waals surface area contributed by atoms with E-state index in [0.29, 0.717) is 23.9 Å². The van der Waals surface area contributed by atoms with Crippen LogP contribution in [0.4, 0.5) is 5.95 Å². The van der Waals surface area contributed by atoms with Crippen molar-refractivity contribution in [2.24, 2.45) is 5.41 Å². The lowest BCUT2D eigenvalue weighted by Gasteiger charge is -2.23. The minimum atomic E-state index is 0.408. The zero-order chi connectivity index (χ0) is 12.1. The molecule has 2 rings (SSSR count). The Morgan fingerprint density at radius 3 is 2.88 bits per heavy atom. The Bertz CT molecular complexity index is 361. The largest absolute Gasteiger partial charge is 0.478 e. The first kappa shape index (κ1) is 12.1. The van der Waals surface area contributed by atoms with Gasteiger partial charge in [-0.25, -0.2) is 4.98 Å². The second kappa shape index (κ2) is 5.34. The molecule has 0 atom stereocenters. The highest BCUT2D eigenvalue weighted by molar-refractivity contribution is 5.27. The molecule has 0 aliphatic heterocycles. The lowest BCUT2D eigenvalue weighted by atomic mass is 9.89. The van der Waals surface area contributed by atoms with Crippen LogP contribution >= 0.6 is 0 Å². The molecule has 17 heavy (non-hydrogen) atoms. The smallest absolute Gasteiger partial charge is 0.225 e. The van der Waals surface area contributed by atoms with Crippen molar-refractivity contribution in [1.82, 2.24) is 9.97 Å². The number of nitrogens with one attached hydrogen (secondary N) is 1. The molecular weight excluding hydrogens is 214 g/mol. The molecule has 1 fully saturated rings. The number of aromatic nitrogens is 2. The summed E-state index contributed by atoms with van der Waals surface area (Å²) < 4.78 is 5.35. The van der Waals surface area contributed by atoms with Crippen LogP contribution in [-0.4, -0.2) is 23.1 Å².